The first-order valence-electron chi connectivity index (χ1n) is 6.66. The molecule has 1 heterocycles. The van der Waals surface area contributed by atoms with Gasteiger partial charge in [-0.1, -0.05) is 25.0 Å². The molecule has 98 valence electrons. The van der Waals surface area contributed by atoms with Gasteiger partial charge in [0.25, 0.3) is 11.7 Å². The number of nitrogens with zero attached hydrogens (tertiary/aromatic N) is 1. The Morgan fingerprint density at radius 1 is 1.16 bits per heavy atom. The lowest BCUT2D eigenvalue weighted by Crippen LogP contribution is -2.36. The van der Waals surface area contributed by atoms with Gasteiger partial charge in [0.2, 0.25) is 0 Å². The second-order valence-electron chi connectivity index (χ2n) is 5.19. The van der Waals surface area contributed by atoms with Gasteiger partial charge in [0.05, 0.1) is 17.8 Å². The zero-order valence-corrected chi connectivity index (χ0v) is 10.6. The number of benzene rings is 1. The maximum atomic E-state index is 12.2. The molecule has 1 fully saturated rings. The number of carbonyl (C=O) groups excluding carboxylic acids is 3. The number of para-hydroxylation sites is 1. The summed E-state index contributed by atoms with van der Waals surface area (Å²) in [6.45, 7) is 0.0340. The molecular weight excluding hydrogens is 242 g/mol. The molecule has 2 aliphatic rings. The first kappa shape index (κ1) is 12.1. The molecule has 4 nitrogen and oxygen atoms in total. The fourth-order valence-electron chi connectivity index (χ4n) is 2.94. The molecule has 0 bridgehead atoms. The lowest BCUT2D eigenvalue weighted by molar-refractivity contribution is -0.123. The van der Waals surface area contributed by atoms with Crippen LogP contribution in [0.5, 0.6) is 0 Å². The van der Waals surface area contributed by atoms with Crippen molar-refractivity contribution >= 4 is 23.2 Å². The first-order valence-corrected chi connectivity index (χ1v) is 6.66. The van der Waals surface area contributed by atoms with E-state index in [0.29, 0.717) is 11.3 Å². The summed E-state index contributed by atoms with van der Waals surface area (Å²) in [6.07, 6.45) is 3.99. The summed E-state index contributed by atoms with van der Waals surface area (Å²) in [6, 6.07) is 6.86. The van der Waals surface area contributed by atoms with Crippen LogP contribution in [0.4, 0.5) is 5.69 Å². The number of amides is 1. The highest BCUT2D eigenvalue weighted by molar-refractivity contribution is 6.52. The van der Waals surface area contributed by atoms with Crippen molar-refractivity contribution in [3.05, 3.63) is 29.8 Å². The van der Waals surface area contributed by atoms with Crippen LogP contribution in [0.25, 0.3) is 0 Å². The van der Waals surface area contributed by atoms with Crippen LogP contribution in [0.2, 0.25) is 0 Å². The molecule has 19 heavy (non-hydrogen) atoms. The van der Waals surface area contributed by atoms with E-state index in [-0.39, 0.29) is 18.2 Å². The number of anilines is 1. The van der Waals surface area contributed by atoms with E-state index in [1.807, 2.05) is 0 Å². The second-order valence-corrected chi connectivity index (χ2v) is 5.19. The molecule has 4 heteroatoms. The predicted molar refractivity (Wildman–Crippen MR) is 70.1 cm³/mol. The molecule has 0 atom stereocenters. The van der Waals surface area contributed by atoms with Gasteiger partial charge in [-0.15, -0.1) is 0 Å². The van der Waals surface area contributed by atoms with Crippen molar-refractivity contribution in [2.75, 3.05) is 11.4 Å². The summed E-state index contributed by atoms with van der Waals surface area (Å²) in [5.41, 5.74) is 0.982. The maximum Gasteiger partial charge on any atom is 0.299 e. The van der Waals surface area contributed by atoms with Crippen molar-refractivity contribution in [1.29, 1.82) is 0 Å². The highest BCUT2D eigenvalue weighted by Crippen LogP contribution is 2.30. The SMILES string of the molecule is O=C1C(=O)N(CC(=O)C2CCCC2)c2ccccc21. The normalized spacial score (nSPS) is 19.1. The van der Waals surface area contributed by atoms with Crippen molar-refractivity contribution < 1.29 is 14.4 Å². The number of carbonyl (C=O) groups is 3. The Kier molecular flexibility index (Phi) is 2.93. The van der Waals surface area contributed by atoms with Crippen LogP contribution in [0.1, 0.15) is 36.0 Å². The smallest absolute Gasteiger partial charge is 0.297 e. The largest absolute Gasteiger partial charge is 0.299 e. The number of rotatable bonds is 3. The van der Waals surface area contributed by atoms with Gasteiger partial charge >= 0.3 is 0 Å². The van der Waals surface area contributed by atoms with Gasteiger partial charge in [-0.3, -0.25) is 19.3 Å². The van der Waals surface area contributed by atoms with E-state index < -0.39 is 11.7 Å². The van der Waals surface area contributed by atoms with Crippen LogP contribution in [-0.4, -0.2) is 24.0 Å². The minimum Gasteiger partial charge on any atom is -0.297 e. The zero-order valence-electron chi connectivity index (χ0n) is 10.6. The van der Waals surface area contributed by atoms with Crippen LogP contribution in [-0.2, 0) is 9.59 Å². The van der Waals surface area contributed by atoms with Gasteiger partial charge in [-0.05, 0) is 25.0 Å². The van der Waals surface area contributed by atoms with Crippen LogP contribution in [0.3, 0.4) is 0 Å². The zero-order chi connectivity index (χ0) is 13.4. The van der Waals surface area contributed by atoms with Gasteiger partial charge < -0.3 is 0 Å². The van der Waals surface area contributed by atoms with Crippen LogP contribution < -0.4 is 4.90 Å². The van der Waals surface area contributed by atoms with Gasteiger partial charge in [0.1, 0.15) is 0 Å². The van der Waals surface area contributed by atoms with Crippen LogP contribution in [0, 0.1) is 5.92 Å². The van der Waals surface area contributed by atoms with Gasteiger partial charge in [0, 0.05) is 5.92 Å². The Balaban J connectivity index is 1.83. The molecule has 1 saturated carbocycles. The lowest BCUT2D eigenvalue weighted by Gasteiger charge is -2.17. The van der Waals surface area contributed by atoms with Crippen molar-refractivity contribution in [3.8, 4) is 0 Å². The number of Topliss-reactive ketones (excluding diaryl/α,β-unsaturated/α-hetero) is 2. The Bertz CT molecular complexity index is 558. The summed E-state index contributed by atoms with van der Waals surface area (Å²) in [7, 11) is 0. The number of hydrogen-bond donors (Lipinski definition) is 0. The molecule has 1 aromatic carbocycles. The number of fused-ring (bicyclic) bond motifs is 1. The van der Waals surface area contributed by atoms with Gasteiger partial charge in [-0.25, -0.2) is 0 Å². The van der Waals surface area contributed by atoms with Crippen molar-refractivity contribution in [1.82, 2.24) is 0 Å². The number of hydrogen-bond acceptors (Lipinski definition) is 3. The third-order valence-electron chi connectivity index (χ3n) is 4.00. The molecule has 0 radical (unpaired) electrons. The molecule has 1 amide bonds. The average Bonchev–Trinajstić information content (AvgIpc) is 3.03. The van der Waals surface area contributed by atoms with E-state index in [1.165, 1.54) is 4.90 Å². The minimum atomic E-state index is -0.576. The number of ketones is 2. The molecule has 1 aliphatic carbocycles. The Hall–Kier alpha value is -1.97. The van der Waals surface area contributed by atoms with E-state index in [0.717, 1.165) is 25.7 Å². The fraction of sp³-hybridized carbons (Fsp3) is 0.400. The molecule has 1 aliphatic heterocycles. The fourth-order valence-corrected chi connectivity index (χ4v) is 2.94. The van der Waals surface area contributed by atoms with E-state index in [4.69, 9.17) is 0 Å². The average molecular weight is 257 g/mol. The molecule has 1 aromatic rings. The molecule has 0 unspecified atom stereocenters. The van der Waals surface area contributed by atoms with Crippen molar-refractivity contribution in [2.45, 2.75) is 25.7 Å². The molecular formula is C15H15NO3. The van der Waals surface area contributed by atoms with Gasteiger partial charge in [0.15, 0.2) is 5.78 Å². The van der Waals surface area contributed by atoms with Gasteiger partial charge in [-0.2, -0.15) is 0 Å². The lowest BCUT2D eigenvalue weighted by atomic mass is 10.0. The van der Waals surface area contributed by atoms with E-state index in [2.05, 4.69) is 0 Å². The quantitative estimate of drug-likeness (QED) is 0.778. The Morgan fingerprint density at radius 2 is 1.84 bits per heavy atom. The third kappa shape index (κ3) is 1.97. The highest BCUT2D eigenvalue weighted by Gasteiger charge is 2.37. The second kappa shape index (κ2) is 4.61. The molecule has 3 rings (SSSR count). The van der Waals surface area contributed by atoms with E-state index in [1.54, 1.807) is 24.3 Å². The standard InChI is InChI=1S/C15H15NO3/c17-13(10-5-1-2-6-10)9-16-12-8-4-3-7-11(12)14(18)15(16)19/h3-4,7-8,10H,1-2,5-6,9H2. The third-order valence-corrected chi connectivity index (χ3v) is 4.00. The summed E-state index contributed by atoms with van der Waals surface area (Å²) < 4.78 is 0. The Labute approximate surface area is 111 Å². The monoisotopic (exact) mass is 257 g/mol. The molecule has 0 N–H and O–H groups in total. The topological polar surface area (TPSA) is 54.5 Å². The molecule has 0 spiro atoms. The maximum absolute atomic E-state index is 12.2. The molecule has 0 aromatic heterocycles. The van der Waals surface area contributed by atoms with Crippen LogP contribution >= 0.6 is 0 Å². The summed E-state index contributed by atoms with van der Waals surface area (Å²) >= 11 is 0. The Morgan fingerprint density at radius 3 is 2.58 bits per heavy atom. The van der Waals surface area contributed by atoms with Crippen LogP contribution in [0.15, 0.2) is 24.3 Å². The molecule has 0 saturated heterocycles. The summed E-state index contributed by atoms with van der Waals surface area (Å²) in [5.74, 6) is -0.937. The van der Waals surface area contributed by atoms with E-state index >= 15 is 0 Å². The van der Waals surface area contributed by atoms with Crippen molar-refractivity contribution in [3.63, 3.8) is 0 Å². The summed E-state index contributed by atoms with van der Waals surface area (Å²) in [4.78, 5) is 37.2. The summed E-state index contributed by atoms with van der Waals surface area (Å²) in [5, 5.41) is 0. The van der Waals surface area contributed by atoms with Crippen molar-refractivity contribution in [2.24, 2.45) is 5.92 Å². The van der Waals surface area contributed by atoms with E-state index in [9.17, 15) is 14.4 Å². The minimum absolute atomic E-state index is 0.0340. The predicted octanol–water partition coefficient (Wildman–Crippen LogP) is 1.98. The highest BCUT2D eigenvalue weighted by atomic mass is 16.2. The first-order chi connectivity index (χ1) is 9.18.